The van der Waals surface area contributed by atoms with Crippen molar-refractivity contribution in [2.45, 2.75) is 60.5 Å². The minimum absolute atomic E-state index is 0.00610. The second kappa shape index (κ2) is 4.45. The second-order valence-corrected chi connectivity index (χ2v) is 6.29. The van der Waals surface area contributed by atoms with Crippen LogP contribution in [0.15, 0.2) is 0 Å². The Bertz CT molecular complexity index is 136. The van der Waals surface area contributed by atoms with E-state index in [4.69, 9.17) is 4.74 Å². The zero-order valence-electron chi connectivity index (χ0n) is 10.4. The van der Waals surface area contributed by atoms with Crippen LogP contribution in [0.3, 0.4) is 0 Å². The second-order valence-electron chi connectivity index (χ2n) is 6.29. The molecule has 0 heterocycles. The summed E-state index contributed by atoms with van der Waals surface area (Å²) in [6, 6.07) is 0. The van der Waals surface area contributed by atoms with Crippen molar-refractivity contribution in [2.24, 2.45) is 11.3 Å². The minimum Gasteiger partial charge on any atom is -0.376 e. The summed E-state index contributed by atoms with van der Waals surface area (Å²) in [7, 11) is 0. The van der Waals surface area contributed by atoms with E-state index in [1.165, 1.54) is 6.42 Å². The molecule has 0 saturated carbocycles. The smallest absolute Gasteiger partial charge is 0.0598 e. The van der Waals surface area contributed by atoms with Crippen LogP contribution in [0.1, 0.15) is 54.9 Å². The van der Waals surface area contributed by atoms with E-state index < -0.39 is 0 Å². The van der Waals surface area contributed by atoms with E-state index >= 15 is 0 Å². The van der Waals surface area contributed by atoms with Gasteiger partial charge in [-0.15, -0.1) is 0 Å². The fourth-order valence-corrected chi connectivity index (χ4v) is 1.50. The summed E-state index contributed by atoms with van der Waals surface area (Å²) in [6.07, 6.45) is 1.23. The normalized spacial score (nSPS) is 15.9. The first-order chi connectivity index (χ1) is 5.60. The molecule has 0 aromatic carbocycles. The molecule has 0 bridgehead atoms. The van der Waals surface area contributed by atoms with Gasteiger partial charge in [0.15, 0.2) is 0 Å². The summed E-state index contributed by atoms with van der Waals surface area (Å²) in [4.78, 5) is 0. The summed E-state index contributed by atoms with van der Waals surface area (Å²) in [5.41, 5.74) is 0.423. The van der Waals surface area contributed by atoms with Gasteiger partial charge < -0.3 is 4.74 Å². The highest BCUT2D eigenvalue weighted by Crippen LogP contribution is 2.25. The third-order valence-corrected chi connectivity index (χ3v) is 1.76. The van der Waals surface area contributed by atoms with Crippen LogP contribution in [0.4, 0.5) is 0 Å². The largest absolute Gasteiger partial charge is 0.376 e. The molecule has 0 saturated heterocycles. The van der Waals surface area contributed by atoms with Gasteiger partial charge in [-0.25, -0.2) is 0 Å². The van der Waals surface area contributed by atoms with Crippen molar-refractivity contribution < 1.29 is 4.74 Å². The Balaban J connectivity index is 3.70. The zero-order chi connectivity index (χ0) is 10.7. The van der Waals surface area contributed by atoms with Gasteiger partial charge in [0.1, 0.15) is 0 Å². The Labute approximate surface area is 83.9 Å². The van der Waals surface area contributed by atoms with Crippen LogP contribution >= 0.6 is 0 Å². The maximum atomic E-state index is 5.74. The summed E-state index contributed by atoms with van der Waals surface area (Å²) < 4.78 is 5.74. The molecule has 0 aliphatic carbocycles. The predicted molar refractivity (Wildman–Crippen MR) is 58.9 cm³/mol. The molecule has 1 atom stereocenters. The SMILES string of the molecule is CC(COC(C)(C)C)CC(C)(C)C. The van der Waals surface area contributed by atoms with Crippen LogP contribution in [0, 0.1) is 11.3 Å². The Hall–Kier alpha value is -0.0400. The van der Waals surface area contributed by atoms with Crippen molar-refractivity contribution in [1.29, 1.82) is 0 Å². The lowest BCUT2D eigenvalue weighted by molar-refractivity contribution is -0.0249. The van der Waals surface area contributed by atoms with Gasteiger partial charge in [-0.2, -0.15) is 0 Å². The van der Waals surface area contributed by atoms with Gasteiger partial charge in [-0.3, -0.25) is 0 Å². The van der Waals surface area contributed by atoms with Crippen molar-refractivity contribution in [3.8, 4) is 0 Å². The zero-order valence-corrected chi connectivity index (χ0v) is 10.4. The molecule has 1 nitrogen and oxygen atoms in total. The molecule has 0 aromatic heterocycles. The van der Waals surface area contributed by atoms with Crippen molar-refractivity contribution >= 4 is 0 Å². The van der Waals surface area contributed by atoms with E-state index in [1.54, 1.807) is 0 Å². The molecule has 0 fully saturated rings. The lowest BCUT2D eigenvalue weighted by atomic mass is 9.86. The maximum absolute atomic E-state index is 5.74. The van der Waals surface area contributed by atoms with Crippen molar-refractivity contribution in [1.82, 2.24) is 0 Å². The van der Waals surface area contributed by atoms with Crippen LogP contribution in [0.5, 0.6) is 0 Å². The highest BCUT2D eigenvalue weighted by atomic mass is 16.5. The molecule has 0 spiro atoms. The Morgan fingerprint density at radius 3 is 1.77 bits per heavy atom. The van der Waals surface area contributed by atoms with E-state index in [0.29, 0.717) is 11.3 Å². The quantitative estimate of drug-likeness (QED) is 0.650. The molecule has 0 amide bonds. The van der Waals surface area contributed by atoms with Crippen LogP contribution in [-0.2, 0) is 4.74 Å². The standard InChI is InChI=1S/C12H26O/c1-10(8-11(2,3)4)9-13-12(5,6)7/h10H,8-9H2,1-7H3. The van der Waals surface area contributed by atoms with E-state index in [9.17, 15) is 0 Å². The number of rotatable bonds is 3. The van der Waals surface area contributed by atoms with Crippen molar-refractivity contribution in [3.05, 3.63) is 0 Å². The molecular formula is C12H26O. The first-order valence-corrected chi connectivity index (χ1v) is 5.24. The highest BCUT2D eigenvalue weighted by Gasteiger charge is 2.17. The average molecular weight is 186 g/mol. The minimum atomic E-state index is 0.00610. The molecule has 80 valence electrons. The monoisotopic (exact) mass is 186 g/mol. The third-order valence-electron chi connectivity index (χ3n) is 1.76. The van der Waals surface area contributed by atoms with E-state index in [-0.39, 0.29) is 5.60 Å². The van der Waals surface area contributed by atoms with Gasteiger partial charge in [-0.1, -0.05) is 27.7 Å². The van der Waals surface area contributed by atoms with Crippen molar-refractivity contribution in [3.63, 3.8) is 0 Å². The summed E-state index contributed by atoms with van der Waals surface area (Å²) >= 11 is 0. The first kappa shape index (κ1) is 13.0. The Morgan fingerprint density at radius 1 is 1.00 bits per heavy atom. The topological polar surface area (TPSA) is 9.23 Å². The summed E-state index contributed by atoms with van der Waals surface area (Å²) in [6.45, 7) is 16.3. The molecular weight excluding hydrogens is 160 g/mol. The molecule has 0 rings (SSSR count). The van der Waals surface area contributed by atoms with Gasteiger partial charge in [0.2, 0.25) is 0 Å². The van der Waals surface area contributed by atoms with Crippen LogP contribution in [0.25, 0.3) is 0 Å². The third kappa shape index (κ3) is 9.88. The molecule has 0 aromatic rings. The summed E-state index contributed by atoms with van der Waals surface area (Å²) in [5.74, 6) is 0.652. The Kier molecular flexibility index (Phi) is 4.44. The molecule has 0 aliphatic rings. The molecule has 0 radical (unpaired) electrons. The summed E-state index contributed by atoms with van der Waals surface area (Å²) in [5, 5.41) is 0. The fourth-order valence-electron chi connectivity index (χ4n) is 1.50. The fraction of sp³-hybridized carbons (Fsp3) is 1.00. The maximum Gasteiger partial charge on any atom is 0.0598 e. The molecule has 0 N–H and O–H groups in total. The highest BCUT2D eigenvalue weighted by molar-refractivity contribution is 4.67. The molecule has 0 aliphatic heterocycles. The lowest BCUT2D eigenvalue weighted by Gasteiger charge is -2.26. The molecule has 1 unspecified atom stereocenters. The van der Waals surface area contributed by atoms with Crippen LogP contribution in [-0.4, -0.2) is 12.2 Å². The number of hydrogen-bond acceptors (Lipinski definition) is 1. The van der Waals surface area contributed by atoms with Gasteiger partial charge in [0, 0.05) is 6.61 Å². The Morgan fingerprint density at radius 2 is 1.46 bits per heavy atom. The van der Waals surface area contributed by atoms with Gasteiger partial charge in [-0.05, 0) is 38.5 Å². The first-order valence-electron chi connectivity index (χ1n) is 5.24. The number of ether oxygens (including phenoxy) is 1. The van der Waals surface area contributed by atoms with Gasteiger partial charge in [0.05, 0.1) is 5.60 Å². The predicted octanol–water partition coefficient (Wildman–Crippen LogP) is 3.87. The number of hydrogen-bond donors (Lipinski definition) is 0. The van der Waals surface area contributed by atoms with Crippen LogP contribution < -0.4 is 0 Å². The van der Waals surface area contributed by atoms with E-state index in [1.807, 2.05) is 0 Å². The molecule has 1 heteroatoms. The molecule has 13 heavy (non-hydrogen) atoms. The van der Waals surface area contributed by atoms with E-state index in [0.717, 1.165) is 6.61 Å². The van der Waals surface area contributed by atoms with Gasteiger partial charge in [0.25, 0.3) is 0 Å². The van der Waals surface area contributed by atoms with Gasteiger partial charge >= 0.3 is 0 Å². The van der Waals surface area contributed by atoms with E-state index in [2.05, 4.69) is 48.5 Å². The average Bonchev–Trinajstić information content (AvgIpc) is 1.78. The van der Waals surface area contributed by atoms with Crippen LogP contribution in [0.2, 0.25) is 0 Å². The van der Waals surface area contributed by atoms with Crippen molar-refractivity contribution in [2.75, 3.05) is 6.61 Å². The lowest BCUT2D eigenvalue weighted by Crippen LogP contribution is -2.24.